The summed E-state index contributed by atoms with van der Waals surface area (Å²) in [6, 6.07) is 9.63. The molecule has 15 nitrogen and oxygen atoms in total. The van der Waals surface area contributed by atoms with Crippen LogP contribution in [0.25, 0.3) is 0 Å². The first kappa shape index (κ1) is 42.8. The van der Waals surface area contributed by atoms with Gasteiger partial charge >= 0.3 is 6.09 Å². The van der Waals surface area contributed by atoms with E-state index in [-0.39, 0.29) is 25.4 Å². The predicted octanol–water partition coefficient (Wildman–Crippen LogP) is 0.584. The molecule has 0 radical (unpaired) electrons. The molecule has 2 rings (SSSR count). The van der Waals surface area contributed by atoms with Gasteiger partial charge in [0.25, 0.3) is 0 Å². The number of aliphatic hydroxyl groups excluding tert-OH is 2. The van der Waals surface area contributed by atoms with Gasteiger partial charge in [-0.25, -0.2) is 4.79 Å². The van der Waals surface area contributed by atoms with Crippen molar-refractivity contribution < 1.29 is 43.7 Å². The average molecular weight is 778 g/mol. The predicted molar refractivity (Wildman–Crippen MR) is 192 cm³/mol. The van der Waals surface area contributed by atoms with Crippen molar-refractivity contribution in [3.8, 4) is 0 Å². The fraction of sp³-hybridized carbons (Fsp3) is 0.486. The van der Waals surface area contributed by atoms with Crippen LogP contribution in [0.1, 0.15) is 50.7 Å². The SMILES string of the molecule is CC(C)C[C@@H](C=O)NC(=O)[C@H](Cc1ccc(Br)cc1)NC(=O)[C@H](CCCCN)NC(=O)[C@H](CO)NC(=O)[C@H](CO)NC(=O)OCc1ccccc1. The first-order valence-electron chi connectivity index (χ1n) is 16.7. The summed E-state index contributed by atoms with van der Waals surface area (Å²) in [6.45, 7) is 2.30. The number of hydrogen-bond donors (Lipinski definition) is 8. The minimum Gasteiger partial charge on any atom is -0.445 e. The Hall–Kier alpha value is -4.38. The summed E-state index contributed by atoms with van der Waals surface area (Å²) in [7, 11) is 0. The Balaban J connectivity index is 2.16. The molecule has 0 saturated heterocycles. The standard InChI is InChI=1S/C35H49BrN6O9/c1-22(2)16-26(18-43)38-32(47)28(17-23-11-13-25(36)14-12-23)40-31(46)27(10-6-7-15-37)39-33(48)29(19-44)41-34(49)30(20-45)42-35(50)51-21-24-8-4-3-5-9-24/h3-5,8-9,11-14,18,22,26-30,44-45H,6-7,10,15-17,19-21,37H2,1-2H3,(H,38,47)(H,39,48)(H,40,46)(H,41,49)(H,42,50)/t26-,27-,28-,29-,30-/m0/s1. The molecule has 0 aromatic heterocycles. The lowest BCUT2D eigenvalue weighted by Gasteiger charge is -2.26. The number of carbonyl (C=O) groups excluding carboxylic acids is 6. The number of rotatable bonds is 22. The molecule has 0 unspecified atom stereocenters. The normalized spacial score (nSPS) is 13.9. The number of aliphatic hydroxyl groups is 2. The molecule has 0 aliphatic carbocycles. The summed E-state index contributed by atoms with van der Waals surface area (Å²) in [5.41, 5.74) is 7.05. The highest BCUT2D eigenvalue weighted by atomic mass is 79.9. The van der Waals surface area contributed by atoms with Gasteiger partial charge in [-0.2, -0.15) is 0 Å². The van der Waals surface area contributed by atoms with Crippen LogP contribution in [-0.4, -0.2) is 96.2 Å². The van der Waals surface area contributed by atoms with Gasteiger partial charge in [-0.05, 0) is 61.4 Å². The molecule has 0 aliphatic heterocycles. The number of halogens is 1. The Kier molecular flexibility index (Phi) is 19.4. The van der Waals surface area contributed by atoms with E-state index in [2.05, 4.69) is 42.5 Å². The van der Waals surface area contributed by atoms with Crippen molar-refractivity contribution in [3.05, 3.63) is 70.2 Å². The molecule has 16 heteroatoms. The summed E-state index contributed by atoms with van der Waals surface area (Å²) in [5, 5.41) is 32.1. The van der Waals surface area contributed by atoms with Crippen molar-refractivity contribution in [1.29, 1.82) is 0 Å². The van der Waals surface area contributed by atoms with Crippen LogP contribution in [-0.2, 0) is 41.7 Å². The largest absolute Gasteiger partial charge is 0.445 e. The summed E-state index contributed by atoms with van der Waals surface area (Å²) in [4.78, 5) is 77.2. The first-order chi connectivity index (χ1) is 24.4. The average Bonchev–Trinajstić information content (AvgIpc) is 3.11. The molecule has 0 bridgehead atoms. The zero-order valence-corrected chi connectivity index (χ0v) is 30.4. The zero-order chi connectivity index (χ0) is 37.8. The number of nitrogens with one attached hydrogen (secondary N) is 5. The maximum atomic E-state index is 13.7. The number of benzene rings is 2. The van der Waals surface area contributed by atoms with Crippen molar-refractivity contribution in [2.45, 2.75) is 82.8 Å². The highest BCUT2D eigenvalue weighted by molar-refractivity contribution is 9.10. The van der Waals surface area contributed by atoms with Crippen LogP contribution in [0.4, 0.5) is 4.79 Å². The van der Waals surface area contributed by atoms with Crippen LogP contribution in [0.5, 0.6) is 0 Å². The van der Waals surface area contributed by atoms with Gasteiger partial charge in [-0.15, -0.1) is 0 Å². The van der Waals surface area contributed by atoms with Crippen LogP contribution < -0.4 is 32.3 Å². The Morgan fingerprint density at radius 3 is 1.86 bits per heavy atom. The van der Waals surface area contributed by atoms with Gasteiger partial charge in [0.1, 0.15) is 37.1 Å². The zero-order valence-electron chi connectivity index (χ0n) is 28.8. The number of ether oxygens (including phenoxy) is 1. The van der Waals surface area contributed by atoms with Gasteiger partial charge in [-0.1, -0.05) is 72.2 Å². The molecule has 0 saturated carbocycles. The van der Waals surface area contributed by atoms with Crippen LogP contribution in [0.2, 0.25) is 0 Å². The Labute approximate surface area is 306 Å². The van der Waals surface area contributed by atoms with Crippen molar-refractivity contribution in [3.63, 3.8) is 0 Å². The Morgan fingerprint density at radius 1 is 0.745 bits per heavy atom. The van der Waals surface area contributed by atoms with Crippen LogP contribution in [0, 0.1) is 5.92 Å². The Bertz CT molecular complexity index is 1410. The molecule has 5 atom stereocenters. The van der Waals surface area contributed by atoms with E-state index in [0.717, 1.165) is 4.47 Å². The smallest absolute Gasteiger partial charge is 0.408 e. The number of unbranched alkanes of at least 4 members (excludes halogenated alkanes) is 1. The molecule has 51 heavy (non-hydrogen) atoms. The molecule has 5 amide bonds. The van der Waals surface area contributed by atoms with Crippen molar-refractivity contribution in [2.24, 2.45) is 11.7 Å². The second-order valence-electron chi connectivity index (χ2n) is 12.3. The fourth-order valence-corrected chi connectivity index (χ4v) is 5.14. The van der Waals surface area contributed by atoms with Crippen molar-refractivity contribution in [1.82, 2.24) is 26.6 Å². The lowest BCUT2D eigenvalue weighted by atomic mass is 10.0. The topological polar surface area (TPSA) is 238 Å². The number of nitrogens with two attached hydrogens (primary N) is 1. The third-order valence-corrected chi connectivity index (χ3v) is 8.13. The molecular formula is C35H49BrN6O9. The van der Waals surface area contributed by atoms with Crippen LogP contribution >= 0.6 is 15.9 Å². The fourth-order valence-electron chi connectivity index (χ4n) is 4.88. The summed E-state index contributed by atoms with van der Waals surface area (Å²) in [6.07, 6.45) is 1.13. The van der Waals surface area contributed by atoms with Crippen molar-refractivity contribution in [2.75, 3.05) is 19.8 Å². The molecule has 0 heterocycles. The van der Waals surface area contributed by atoms with Gasteiger partial charge < -0.3 is 52.1 Å². The van der Waals surface area contributed by atoms with E-state index in [0.29, 0.717) is 43.2 Å². The van der Waals surface area contributed by atoms with Gasteiger partial charge in [0.05, 0.1) is 19.3 Å². The first-order valence-corrected chi connectivity index (χ1v) is 17.5. The van der Waals surface area contributed by atoms with Crippen LogP contribution in [0.3, 0.4) is 0 Å². The third-order valence-electron chi connectivity index (χ3n) is 7.60. The quantitative estimate of drug-likeness (QED) is 0.0612. The molecule has 2 aromatic carbocycles. The number of alkyl carbamates (subject to hydrolysis) is 1. The minimum absolute atomic E-state index is 0.0697. The Morgan fingerprint density at radius 2 is 1.29 bits per heavy atom. The van der Waals surface area contributed by atoms with Gasteiger partial charge in [0, 0.05) is 10.9 Å². The van der Waals surface area contributed by atoms with E-state index in [1.165, 1.54) is 0 Å². The van der Waals surface area contributed by atoms with E-state index < -0.39 is 73.1 Å². The summed E-state index contributed by atoms with van der Waals surface area (Å²) in [5.74, 6) is -3.14. The molecule has 0 spiro atoms. The van der Waals surface area contributed by atoms with Gasteiger partial charge in [0.2, 0.25) is 23.6 Å². The minimum atomic E-state index is -1.58. The maximum absolute atomic E-state index is 13.7. The summed E-state index contributed by atoms with van der Waals surface area (Å²) < 4.78 is 5.89. The molecule has 9 N–H and O–H groups in total. The molecule has 0 fully saturated rings. The molecular weight excluding hydrogens is 728 g/mol. The molecule has 0 aliphatic rings. The maximum Gasteiger partial charge on any atom is 0.408 e. The molecule has 280 valence electrons. The van der Waals surface area contributed by atoms with Crippen molar-refractivity contribution >= 4 is 51.9 Å². The third kappa shape index (κ3) is 16.0. The highest BCUT2D eigenvalue weighted by Crippen LogP contribution is 2.13. The van der Waals surface area contributed by atoms with Crippen LogP contribution in [0.15, 0.2) is 59.1 Å². The van der Waals surface area contributed by atoms with Gasteiger partial charge in [0.15, 0.2) is 0 Å². The van der Waals surface area contributed by atoms with E-state index in [9.17, 15) is 39.0 Å². The van der Waals surface area contributed by atoms with Gasteiger partial charge in [-0.3, -0.25) is 19.2 Å². The monoisotopic (exact) mass is 776 g/mol. The number of aldehydes is 1. The number of amides is 5. The summed E-state index contributed by atoms with van der Waals surface area (Å²) >= 11 is 3.37. The lowest BCUT2D eigenvalue weighted by molar-refractivity contribution is -0.135. The second kappa shape index (κ2) is 23.2. The number of carbonyl (C=O) groups is 6. The lowest BCUT2D eigenvalue weighted by Crippen LogP contribution is -2.60. The van der Waals surface area contributed by atoms with E-state index >= 15 is 0 Å². The van der Waals surface area contributed by atoms with E-state index in [1.54, 1.807) is 54.6 Å². The van der Waals surface area contributed by atoms with E-state index in [1.807, 2.05) is 13.8 Å². The number of hydrogen-bond acceptors (Lipinski definition) is 10. The highest BCUT2D eigenvalue weighted by Gasteiger charge is 2.31. The molecule has 2 aromatic rings. The second-order valence-corrected chi connectivity index (χ2v) is 13.2. The van der Waals surface area contributed by atoms with E-state index in [4.69, 9.17) is 10.5 Å².